The van der Waals surface area contributed by atoms with Gasteiger partial charge in [-0.05, 0) is 43.5 Å². The van der Waals surface area contributed by atoms with Crippen molar-refractivity contribution in [1.82, 2.24) is 19.8 Å². The number of halogens is 2. The third kappa shape index (κ3) is 9.11. The highest BCUT2D eigenvalue weighted by Crippen LogP contribution is 2.16. The fourth-order valence-corrected chi connectivity index (χ4v) is 3.95. The van der Waals surface area contributed by atoms with Crippen molar-refractivity contribution in [3.05, 3.63) is 102 Å². The fourth-order valence-electron chi connectivity index (χ4n) is 3.73. The van der Waals surface area contributed by atoms with Gasteiger partial charge in [0.1, 0.15) is 10.3 Å². The number of allylic oxidation sites excluding steroid dienone is 2. The van der Waals surface area contributed by atoms with E-state index in [1.807, 2.05) is 13.8 Å². The Bertz CT molecular complexity index is 1160. The van der Waals surface area contributed by atoms with Crippen molar-refractivity contribution in [1.29, 1.82) is 0 Å². The lowest BCUT2D eigenvalue weighted by atomic mass is 10.2. The highest BCUT2D eigenvalue weighted by Gasteiger charge is 2.26. The molecule has 208 valence electrons. The summed E-state index contributed by atoms with van der Waals surface area (Å²) in [4.78, 5) is 42.7. The van der Waals surface area contributed by atoms with Crippen LogP contribution in [0.4, 0.5) is 0 Å². The number of hydrogen-bond acceptors (Lipinski definition) is 8. The zero-order valence-electron chi connectivity index (χ0n) is 22.1. The summed E-state index contributed by atoms with van der Waals surface area (Å²) in [6.07, 6.45) is 5.70. The Kier molecular flexibility index (Phi) is 12.4. The predicted octanol–water partition coefficient (Wildman–Crippen LogP) is 4.90. The van der Waals surface area contributed by atoms with E-state index in [1.165, 1.54) is 26.2 Å². The summed E-state index contributed by atoms with van der Waals surface area (Å²) >= 11 is 11.7. The summed E-state index contributed by atoms with van der Waals surface area (Å²) in [5, 5.41) is 24.7. The summed E-state index contributed by atoms with van der Waals surface area (Å²) in [6.45, 7) is 5.16. The van der Waals surface area contributed by atoms with Crippen molar-refractivity contribution in [3.63, 3.8) is 0 Å². The van der Waals surface area contributed by atoms with E-state index in [0.717, 1.165) is 11.1 Å². The third-order valence-corrected chi connectivity index (χ3v) is 6.03. The smallest absolute Gasteiger partial charge is 0.307 e. The van der Waals surface area contributed by atoms with Crippen LogP contribution in [0.3, 0.4) is 0 Å². The van der Waals surface area contributed by atoms with E-state index in [4.69, 9.17) is 23.2 Å². The molecule has 0 saturated carbocycles. The van der Waals surface area contributed by atoms with Gasteiger partial charge in [-0.15, -0.1) is 0 Å². The van der Waals surface area contributed by atoms with Gasteiger partial charge in [0, 0.05) is 64.8 Å². The first-order chi connectivity index (χ1) is 18.6. The van der Waals surface area contributed by atoms with Gasteiger partial charge in [-0.2, -0.15) is 0 Å². The van der Waals surface area contributed by atoms with Crippen molar-refractivity contribution in [3.8, 4) is 0 Å². The molecule has 0 aliphatic carbocycles. The van der Waals surface area contributed by atoms with Gasteiger partial charge in [0.15, 0.2) is 0 Å². The standard InChI is InChI=1S/C25H30Cl2N8O4/c1-5-32(16-18-10-12-22(26)30-14-18)24(28-3)20(34(36)37)8-7-9-21(35(38)39)25(29-4)33(6-2)17-19-11-13-23(27)31-15-19/h8-15H,5-7,16-17H2,1-4H3. The van der Waals surface area contributed by atoms with Crippen LogP contribution in [0.15, 0.2) is 70.2 Å². The van der Waals surface area contributed by atoms with Crippen molar-refractivity contribution in [2.75, 3.05) is 27.2 Å². The number of pyridine rings is 2. The SMILES string of the molecule is CCN(Cc1ccc(Cl)nc1)C(=NC)C(=CCC=C(C(=NC)N(CC)Cc1ccc(Cl)nc1)[N+](=O)[O-])[N+](=O)[O-]. The Morgan fingerprint density at radius 1 is 0.821 bits per heavy atom. The van der Waals surface area contributed by atoms with Gasteiger partial charge in [-0.1, -0.05) is 35.3 Å². The molecule has 0 amide bonds. The highest BCUT2D eigenvalue weighted by atomic mass is 35.5. The molecule has 14 heteroatoms. The summed E-state index contributed by atoms with van der Waals surface area (Å²) in [5.41, 5.74) is 1.05. The van der Waals surface area contributed by atoms with Crippen LogP contribution in [0.1, 0.15) is 31.4 Å². The van der Waals surface area contributed by atoms with Crippen LogP contribution in [0.25, 0.3) is 0 Å². The second-order valence-corrected chi connectivity index (χ2v) is 8.80. The normalized spacial score (nSPS) is 12.9. The number of rotatable bonds is 12. The van der Waals surface area contributed by atoms with E-state index in [1.54, 1.807) is 46.5 Å². The van der Waals surface area contributed by atoms with Crippen LogP contribution >= 0.6 is 23.2 Å². The summed E-state index contributed by atoms with van der Waals surface area (Å²) in [5.74, 6) is 0.284. The van der Waals surface area contributed by atoms with Gasteiger partial charge >= 0.3 is 11.4 Å². The molecule has 0 radical (unpaired) electrons. The van der Waals surface area contributed by atoms with Gasteiger partial charge in [-0.25, -0.2) is 9.97 Å². The van der Waals surface area contributed by atoms with Crippen LogP contribution in [0.2, 0.25) is 10.3 Å². The molecule has 0 atom stereocenters. The van der Waals surface area contributed by atoms with Crippen molar-refractivity contribution >= 4 is 34.9 Å². The average molecular weight is 577 g/mol. The molecule has 0 saturated heterocycles. The number of amidine groups is 2. The maximum absolute atomic E-state index is 12.0. The first-order valence-corrected chi connectivity index (χ1v) is 12.7. The number of nitro groups is 2. The number of aromatic nitrogens is 2. The molecule has 2 aromatic heterocycles. The van der Waals surface area contributed by atoms with Gasteiger partial charge in [0.25, 0.3) is 0 Å². The van der Waals surface area contributed by atoms with E-state index in [2.05, 4.69) is 20.0 Å². The average Bonchev–Trinajstić information content (AvgIpc) is 2.92. The molecule has 12 nitrogen and oxygen atoms in total. The quantitative estimate of drug-likeness (QED) is 0.114. The van der Waals surface area contributed by atoms with Crippen LogP contribution in [0.5, 0.6) is 0 Å². The maximum Gasteiger partial charge on any atom is 0.307 e. The van der Waals surface area contributed by atoms with E-state index < -0.39 is 9.85 Å². The zero-order valence-corrected chi connectivity index (χ0v) is 23.6. The summed E-state index contributed by atoms with van der Waals surface area (Å²) < 4.78 is 0. The molecule has 2 heterocycles. The van der Waals surface area contributed by atoms with Crippen LogP contribution < -0.4 is 0 Å². The van der Waals surface area contributed by atoms with Crippen molar-refractivity contribution < 1.29 is 9.85 Å². The Hall–Kier alpha value is -3.90. The molecule has 0 unspecified atom stereocenters. The lowest BCUT2D eigenvalue weighted by Gasteiger charge is -2.23. The molecular weight excluding hydrogens is 547 g/mol. The van der Waals surface area contributed by atoms with Crippen LogP contribution in [-0.4, -0.2) is 68.5 Å². The molecular formula is C25H30Cl2N8O4. The third-order valence-electron chi connectivity index (χ3n) is 5.58. The lowest BCUT2D eigenvalue weighted by Crippen LogP contribution is -2.34. The Labute approximate surface area is 236 Å². The van der Waals surface area contributed by atoms with E-state index in [-0.39, 0.29) is 29.5 Å². The maximum atomic E-state index is 12.0. The molecule has 2 rings (SSSR count). The molecule has 0 fully saturated rings. The monoisotopic (exact) mass is 576 g/mol. The largest absolute Gasteiger partial charge is 0.347 e. The molecule has 0 spiro atoms. The van der Waals surface area contributed by atoms with Gasteiger partial charge < -0.3 is 9.80 Å². The number of nitrogens with zero attached hydrogens (tertiary/aromatic N) is 8. The van der Waals surface area contributed by atoms with Gasteiger partial charge in [0.2, 0.25) is 11.7 Å². The highest BCUT2D eigenvalue weighted by molar-refractivity contribution is 6.29. The topological polar surface area (TPSA) is 143 Å². The van der Waals surface area contributed by atoms with Crippen molar-refractivity contribution in [2.24, 2.45) is 9.98 Å². The lowest BCUT2D eigenvalue weighted by molar-refractivity contribution is -0.417. The first kappa shape index (κ1) is 31.3. The fraction of sp³-hybridized carbons (Fsp3) is 0.360. The minimum atomic E-state index is -0.550. The summed E-state index contributed by atoms with van der Waals surface area (Å²) in [6, 6.07) is 6.82. The number of likely N-dealkylation sites (N-methyl/N-ethyl adjacent to an activating group) is 2. The zero-order chi connectivity index (χ0) is 28.9. The van der Waals surface area contributed by atoms with Crippen LogP contribution in [0, 0.1) is 20.2 Å². The molecule has 0 N–H and O–H groups in total. The van der Waals surface area contributed by atoms with Gasteiger partial charge in [0.05, 0.1) is 9.85 Å². The van der Waals surface area contributed by atoms with Crippen LogP contribution in [-0.2, 0) is 13.1 Å². The molecule has 0 aromatic carbocycles. The Balaban J connectivity index is 2.34. The molecule has 0 aliphatic heterocycles. The van der Waals surface area contributed by atoms with E-state index in [0.29, 0.717) is 36.5 Å². The van der Waals surface area contributed by atoms with Crippen molar-refractivity contribution in [2.45, 2.75) is 33.4 Å². The molecule has 2 aromatic rings. The Morgan fingerprint density at radius 2 is 1.21 bits per heavy atom. The van der Waals surface area contributed by atoms with E-state index in [9.17, 15) is 20.2 Å². The Morgan fingerprint density at radius 3 is 1.46 bits per heavy atom. The molecule has 0 bridgehead atoms. The first-order valence-electron chi connectivity index (χ1n) is 12.0. The summed E-state index contributed by atoms with van der Waals surface area (Å²) in [7, 11) is 2.92. The van der Waals surface area contributed by atoms with Gasteiger partial charge in [-0.3, -0.25) is 30.2 Å². The molecule has 39 heavy (non-hydrogen) atoms. The minimum absolute atomic E-state index is 0.0925. The number of aliphatic imine (C=N–C) groups is 2. The number of hydrogen-bond donors (Lipinski definition) is 0. The minimum Gasteiger partial charge on any atom is -0.347 e. The second kappa shape index (κ2) is 15.5. The second-order valence-electron chi connectivity index (χ2n) is 8.03. The van der Waals surface area contributed by atoms with E-state index >= 15 is 0 Å². The molecule has 0 aliphatic rings. The predicted molar refractivity (Wildman–Crippen MR) is 152 cm³/mol.